The van der Waals surface area contributed by atoms with Crippen LogP contribution in [-0.4, -0.2) is 64.5 Å². The lowest BCUT2D eigenvalue weighted by Crippen LogP contribution is -2.44. The Morgan fingerprint density at radius 1 is 1.03 bits per heavy atom. The van der Waals surface area contributed by atoms with Crippen LogP contribution in [0.5, 0.6) is 5.75 Å². The van der Waals surface area contributed by atoms with Gasteiger partial charge in [0.1, 0.15) is 17.2 Å². The van der Waals surface area contributed by atoms with E-state index in [1.165, 1.54) is 0 Å². The standard InChI is InChI=1S/C30H34N6O2/c1-30(2)18-26(37)23-9-8-20(16-27(23)38-30)22-6-4-5-7-25-24(22)19-32-29(34-25)33-21-10-11-31-28(17-21)36-14-12-35(3)13-15-36/h6,8-11,16-17,19H,4-5,7,12-15,18H2,1-3H3,(H,31,32,33,34). The monoisotopic (exact) mass is 510 g/mol. The molecule has 1 saturated heterocycles. The second-order valence-corrected chi connectivity index (χ2v) is 11.1. The van der Waals surface area contributed by atoms with Crippen LogP contribution in [0.2, 0.25) is 0 Å². The van der Waals surface area contributed by atoms with Gasteiger partial charge in [0.15, 0.2) is 5.78 Å². The molecule has 0 bridgehead atoms. The van der Waals surface area contributed by atoms with Crippen molar-refractivity contribution in [2.24, 2.45) is 0 Å². The first-order chi connectivity index (χ1) is 18.3. The number of benzene rings is 1. The smallest absolute Gasteiger partial charge is 0.227 e. The normalized spacial score (nSPS) is 19.1. The topological polar surface area (TPSA) is 83.5 Å². The average molecular weight is 511 g/mol. The third-order valence-corrected chi connectivity index (χ3v) is 7.52. The fraction of sp³-hybridized carbons (Fsp3) is 0.400. The first-order valence-corrected chi connectivity index (χ1v) is 13.4. The number of aromatic nitrogens is 3. The van der Waals surface area contributed by atoms with Crippen LogP contribution in [0.1, 0.15) is 60.3 Å². The fourth-order valence-corrected chi connectivity index (χ4v) is 5.45. The lowest BCUT2D eigenvalue weighted by atomic mass is 9.90. The number of aryl methyl sites for hydroxylation is 1. The summed E-state index contributed by atoms with van der Waals surface area (Å²) in [6, 6.07) is 9.93. The maximum Gasteiger partial charge on any atom is 0.227 e. The second-order valence-electron chi connectivity index (χ2n) is 11.1. The molecule has 4 heterocycles. The summed E-state index contributed by atoms with van der Waals surface area (Å²) in [4.78, 5) is 31.5. The van der Waals surface area contributed by atoms with Crippen molar-refractivity contribution in [3.8, 4) is 5.75 Å². The van der Waals surface area contributed by atoms with E-state index in [0.717, 1.165) is 79.3 Å². The van der Waals surface area contributed by atoms with E-state index >= 15 is 0 Å². The molecule has 2 aromatic heterocycles. The molecule has 3 aromatic rings. The molecule has 6 rings (SSSR count). The molecule has 196 valence electrons. The Kier molecular flexibility index (Phi) is 6.35. The van der Waals surface area contributed by atoms with E-state index in [0.29, 0.717) is 23.7 Å². The molecule has 1 N–H and O–H groups in total. The molecule has 2 aliphatic heterocycles. The number of likely N-dealkylation sites (N-methyl/N-ethyl adjacent to an activating group) is 1. The molecule has 0 spiro atoms. The van der Waals surface area contributed by atoms with Gasteiger partial charge in [-0.2, -0.15) is 0 Å². The van der Waals surface area contributed by atoms with E-state index in [9.17, 15) is 4.79 Å². The van der Waals surface area contributed by atoms with Crippen molar-refractivity contribution in [3.05, 3.63) is 71.2 Å². The van der Waals surface area contributed by atoms with Crippen molar-refractivity contribution in [1.82, 2.24) is 19.9 Å². The second kappa shape index (κ2) is 9.83. The van der Waals surface area contributed by atoms with Crippen LogP contribution in [0.25, 0.3) is 5.57 Å². The van der Waals surface area contributed by atoms with Gasteiger partial charge in [-0.25, -0.2) is 15.0 Å². The van der Waals surface area contributed by atoms with Crippen LogP contribution in [0.4, 0.5) is 17.5 Å². The summed E-state index contributed by atoms with van der Waals surface area (Å²) in [7, 11) is 2.15. The summed E-state index contributed by atoms with van der Waals surface area (Å²) in [5, 5.41) is 3.40. The third kappa shape index (κ3) is 5.00. The number of fused-ring (bicyclic) bond motifs is 2. The predicted octanol–water partition coefficient (Wildman–Crippen LogP) is 4.88. The van der Waals surface area contributed by atoms with Crippen LogP contribution < -0.4 is 15.0 Å². The minimum atomic E-state index is -0.501. The van der Waals surface area contributed by atoms with Crippen molar-refractivity contribution >= 4 is 28.8 Å². The Bertz CT molecular complexity index is 1410. The summed E-state index contributed by atoms with van der Waals surface area (Å²) in [6.45, 7) is 7.93. The van der Waals surface area contributed by atoms with Gasteiger partial charge in [0, 0.05) is 55.9 Å². The van der Waals surface area contributed by atoms with Crippen molar-refractivity contribution in [1.29, 1.82) is 0 Å². The molecule has 0 saturated carbocycles. The van der Waals surface area contributed by atoms with Gasteiger partial charge in [0.2, 0.25) is 5.95 Å². The Labute approximate surface area is 223 Å². The highest BCUT2D eigenvalue weighted by atomic mass is 16.5. The predicted molar refractivity (Wildman–Crippen MR) is 149 cm³/mol. The van der Waals surface area contributed by atoms with E-state index in [2.05, 4.69) is 39.3 Å². The number of rotatable bonds is 4. The summed E-state index contributed by atoms with van der Waals surface area (Å²) >= 11 is 0. The van der Waals surface area contributed by atoms with Crippen LogP contribution >= 0.6 is 0 Å². The van der Waals surface area contributed by atoms with Crippen LogP contribution in [-0.2, 0) is 6.42 Å². The first kappa shape index (κ1) is 24.6. The zero-order valence-corrected chi connectivity index (χ0v) is 22.3. The number of carbonyl (C=O) groups is 1. The van der Waals surface area contributed by atoms with E-state index in [1.54, 1.807) is 0 Å². The summed E-state index contributed by atoms with van der Waals surface area (Å²) in [6.07, 6.45) is 9.25. The molecule has 8 nitrogen and oxygen atoms in total. The highest BCUT2D eigenvalue weighted by Crippen LogP contribution is 2.38. The number of hydrogen-bond acceptors (Lipinski definition) is 8. The minimum Gasteiger partial charge on any atom is -0.487 e. The molecule has 1 aromatic carbocycles. The van der Waals surface area contributed by atoms with Crippen molar-refractivity contribution in [2.75, 3.05) is 43.4 Å². The number of piperazine rings is 1. The highest BCUT2D eigenvalue weighted by Gasteiger charge is 2.33. The lowest BCUT2D eigenvalue weighted by molar-refractivity contribution is 0.0620. The molecular weight excluding hydrogens is 476 g/mol. The van der Waals surface area contributed by atoms with Crippen molar-refractivity contribution in [2.45, 2.75) is 45.1 Å². The minimum absolute atomic E-state index is 0.129. The van der Waals surface area contributed by atoms with Gasteiger partial charge in [0.05, 0.1) is 17.7 Å². The third-order valence-electron chi connectivity index (χ3n) is 7.52. The van der Waals surface area contributed by atoms with Gasteiger partial charge in [-0.05, 0) is 69.5 Å². The zero-order chi connectivity index (χ0) is 26.3. The number of nitrogens with zero attached hydrogens (tertiary/aromatic N) is 5. The van der Waals surface area contributed by atoms with Gasteiger partial charge in [-0.1, -0.05) is 12.1 Å². The average Bonchev–Trinajstić information content (AvgIpc) is 3.10. The SMILES string of the molecule is CN1CCN(c2cc(Nc3ncc4c(n3)CCCC=C4c3ccc4c(c3)OC(C)(C)CC4=O)ccn2)CC1. The number of hydrogen-bond donors (Lipinski definition) is 1. The quantitative estimate of drug-likeness (QED) is 0.532. The van der Waals surface area contributed by atoms with Gasteiger partial charge in [-0.15, -0.1) is 0 Å². The van der Waals surface area contributed by atoms with Crippen molar-refractivity contribution in [3.63, 3.8) is 0 Å². The number of pyridine rings is 1. The zero-order valence-electron chi connectivity index (χ0n) is 22.3. The largest absolute Gasteiger partial charge is 0.487 e. The maximum atomic E-state index is 12.6. The Morgan fingerprint density at radius 2 is 1.87 bits per heavy atom. The van der Waals surface area contributed by atoms with Gasteiger partial charge in [-0.3, -0.25) is 4.79 Å². The van der Waals surface area contributed by atoms with Crippen molar-refractivity contribution < 1.29 is 9.53 Å². The first-order valence-electron chi connectivity index (χ1n) is 13.4. The van der Waals surface area contributed by atoms with Crippen LogP contribution in [0.3, 0.4) is 0 Å². The molecular formula is C30H34N6O2. The molecule has 0 atom stereocenters. The molecule has 8 heteroatoms. The highest BCUT2D eigenvalue weighted by molar-refractivity contribution is 6.01. The number of allylic oxidation sites excluding steroid dienone is 1. The molecule has 1 aliphatic carbocycles. The molecule has 1 fully saturated rings. The van der Waals surface area contributed by atoms with E-state index in [4.69, 9.17) is 14.7 Å². The number of anilines is 3. The number of carbonyl (C=O) groups excluding carboxylic acids is 1. The number of nitrogens with one attached hydrogen (secondary N) is 1. The summed E-state index contributed by atoms with van der Waals surface area (Å²) < 4.78 is 6.18. The molecule has 0 radical (unpaired) electrons. The Hall–Kier alpha value is -3.78. The van der Waals surface area contributed by atoms with Gasteiger partial charge >= 0.3 is 0 Å². The van der Waals surface area contributed by atoms with Gasteiger partial charge < -0.3 is 19.9 Å². The van der Waals surface area contributed by atoms with Crippen LogP contribution in [0, 0.1) is 0 Å². The van der Waals surface area contributed by atoms with E-state index < -0.39 is 5.60 Å². The van der Waals surface area contributed by atoms with E-state index in [-0.39, 0.29) is 5.78 Å². The number of Topliss-reactive ketones (excluding diaryl/α,β-unsaturated/α-hetero) is 1. The van der Waals surface area contributed by atoms with Gasteiger partial charge in [0.25, 0.3) is 0 Å². The molecule has 0 amide bonds. The Morgan fingerprint density at radius 3 is 2.71 bits per heavy atom. The van der Waals surface area contributed by atoms with E-state index in [1.807, 2.05) is 50.5 Å². The molecule has 38 heavy (non-hydrogen) atoms. The number of ether oxygens (including phenoxy) is 1. The number of ketones is 1. The van der Waals surface area contributed by atoms with Crippen LogP contribution in [0.15, 0.2) is 48.8 Å². The lowest BCUT2D eigenvalue weighted by Gasteiger charge is -2.33. The summed E-state index contributed by atoms with van der Waals surface area (Å²) in [5.41, 5.74) is 5.25. The summed E-state index contributed by atoms with van der Waals surface area (Å²) in [5.74, 6) is 2.34. The molecule has 3 aliphatic rings. The maximum absolute atomic E-state index is 12.6. The molecule has 0 unspecified atom stereocenters. The fourth-order valence-electron chi connectivity index (χ4n) is 5.45. The Balaban J connectivity index is 1.26.